The topological polar surface area (TPSA) is 88.2 Å². The SMILES string of the molecule is Cc1cc(Nc2ncc(N)cc2C(=O)O)ccc1F. The number of aryl methyl sites for hydroxylation is 1. The normalized spacial score (nSPS) is 10.2. The van der Waals surface area contributed by atoms with Crippen LogP contribution in [0.25, 0.3) is 0 Å². The Balaban J connectivity index is 2.37. The Morgan fingerprint density at radius 1 is 1.42 bits per heavy atom. The predicted molar refractivity (Wildman–Crippen MR) is 70.0 cm³/mol. The number of hydrogen-bond donors (Lipinski definition) is 3. The first-order valence-corrected chi connectivity index (χ1v) is 5.49. The van der Waals surface area contributed by atoms with E-state index >= 15 is 0 Å². The summed E-state index contributed by atoms with van der Waals surface area (Å²) in [7, 11) is 0. The molecule has 6 heteroatoms. The van der Waals surface area contributed by atoms with Gasteiger partial charge >= 0.3 is 5.97 Å². The lowest BCUT2D eigenvalue weighted by Gasteiger charge is -2.10. The molecule has 0 aliphatic carbocycles. The molecular formula is C13H12FN3O2. The van der Waals surface area contributed by atoms with Crippen LogP contribution >= 0.6 is 0 Å². The van der Waals surface area contributed by atoms with Gasteiger partial charge in [0.15, 0.2) is 0 Å². The monoisotopic (exact) mass is 261 g/mol. The highest BCUT2D eigenvalue weighted by atomic mass is 19.1. The third-order valence-electron chi connectivity index (χ3n) is 2.56. The molecule has 4 N–H and O–H groups in total. The average Bonchev–Trinajstić information content (AvgIpc) is 2.36. The number of benzene rings is 1. The van der Waals surface area contributed by atoms with Gasteiger partial charge in [0.2, 0.25) is 0 Å². The van der Waals surface area contributed by atoms with Crippen molar-refractivity contribution in [2.45, 2.75) is 6.92 Å². The van der Waals surface area contributed by atoms with Crippen LogP contribution in [0.2, 0.25) is 0 Å². The zero-order chi connectivity index (χ0) is 14.0. The van der Waals surface area contributed by atoms with Crippen LogP contribution in [0.15, 0.2) is 30.5 Å². The summed E-state index contributed by atoms with van der Waals surface area (Å²) < 4.78 is 13.1. The van der Waals surface area contributed by atoms with E-state index in [2.05, 4.69) is 10.3 Å². The van der Waals surface area contributed by atoms with Crippen LogP contribution in [0.1, 0.15) is 15.9 Å². The van der Waals surface area contributed by atoms with Gasteiger partial charge < -0.3 is 16.2 Å². The Hall–Kier alpha value is -2.63. The lowest BCUT2D eigenvalue weighted by atomic mass is 10.2. The first kappa shape index (κ1) is 12.8. The van der Waals surface area contributed by atoms with Crippen LogP contribution < -0.4 is 11.1 Å². The summed E-state index contributed by atoms with van der Waals surface area (Å²) in [4.78, 5) is 15.0. The second-order valence-electron chi connectivity index (χ2n) is 4.06. The van der Waals surface area contributed by atoms with Crippen LogP contribution in [0.5, 0.6) is 0 Å². The summed E-state index contributed by atoms with van der Waals surface area (Å²) in [5, 5.41) is 11.9. The molecule has 0 saturated carbocycles. The van der Waals surface area contributed by atoms with E-state index in [1.165, 1.54) is 24.4 Å². The highest BCUT2D eigenvalue weighted by Gasteiger charge is 2.12. The van der Waals surface area contributed by atoms with E-state index in [-0.39, 0.29) is 22.9 Å². The maximum atomic E-state index is 13.1. The lowest BCUT2D eigenvalue weighted by Crippen LogP contribution is -2.06. The third kappa shape index (κ3) is 2.79. The number of aromatic nitrogens is 1. The molecule has 0 aliphatic rings. The van der Waals surface area contributed by atoms with E-state index in [1.54, 1.807) is 13.0 Å². The van der Waals surface area contributed by atoms with Crippen molar-refractivity contribution in [1.29, 1.82) is 0 Å². The van der Waals surface area contributed by atoms with Gasteiger partial charge in [0.05, 0.1) is 11.9 Å². The van der Waals surface area contributed by atoms with Crippen molar-refractivity contribution in [3.63, 3.8) is 0 Å². The molecule has 0 aliphatic heterocycles. The second kappa shape index (κ2) is 4.93. The molecule has 2 aromatic rings. The smallest absolute Gasteiger partial charge is 0.339 e. The molecule has 0 bridgehead atoms. The molecule has 0 amide bonds. The number of rotatable bonds is 3. The number of nitrogens with zero attached hydrogens (tertiary/aromatic N) is 1. The van der Waals surface area contributed by atoms with E-state index in [9.17, 15) is 9.18 Å². The van der Waals surface area contributed by atoms with Crippen molar-refractivity contribution in [3.05, 3.63) is 47.4 Å². The van der Waals surface area contributed by atoms with Crippen LogP contribution in [-0.2, 0) is 0 Å². The number of nitrogen functional groups attached to an aromatic ring is 1. The average molecular weight is 261 g/mol. The van der Waals surface area contributed by atoms with E-state index in [4.69, 9.17) is 10.8 Å². The summed E-state index contributed by atoms with van der Waals surface area (Å²) in [6, 6.07) is 5.69. The fourth-order valence-corrected chi connectivity index (χ4v) is 1.60. The van der Waals surface area contributed by atoms with Crippen LogP contribution in [0.4, 0.5) is 21.6 Å². The number of nitrogens with two attached hydrogens (primary N) is 1. The molecule has 0 spiro atoms. The minimum atomic E-state index is -1.14. The van der Waals surface area contributed by atoms with Gasteiger partial charge in [0.1, 0.15) is 17.2 Å². The van der Waals surface area contributed by atoms with Gasteiger partial charge in [-0.15, -0.1) is 0 Å². The second-order valence-corrected chi connectivity index (χ2v) is 4.06. The molecular weight excluding hydrogens is 249 g/mol. The third-order valence-corrected chi connectivity index (χ3v) is 2.56. The minimum absolute atomic E-state index is 0.0398. The van der Waals surface area contributed by atoms with Gasteiger partial charge in [-0.2, -0.15) is 0 Å². The first-order valence-electron chi connectivity index (χ1n) is 5.49. The largest absolute Gasteiger partial charge is 0.478 e. The van der Waals surface area contributed by atoms with Gasteiger partial charge in [-0.3, -0.25) is 0 Å². The van der Waals surface area contributed by atoms with Crippen molar-refractivity contribution in [3.8, 4) is 0 Å². The number of pyridine rings is 1. The van der Waals surface area contributed by atoms with Crippen molar-refractivity contribution >= 4 is 23.2 Å². The maximum Gasteiger partial charge on any atom is 0.339 e. The highest BCUT2D eigenvalue weighted by molar-refractivity contribution is 5.94. The Kier molecular flexibility index (Phi) is 3.33. The van der Waals surface area contributed by atoms with Crippen LogP contribution in [0.3, 0.4) is 0 Å². The molecule has 0 radical (unpaired) electrons. The van der Waals surface area contributed by atoms with Crippen LogP contribution in [0, 0.1) is 12.7 Å². The first-order chi connectivity index (χ1) is 8.97. The number of aromatic carboxylic acids is 1. The zero-order valence-corrected chi connectivity index (χ0v) is 10.1. The van der Waals surface area contributed by atoms with Gasteiger partial charge in [0.25, 0.3) is 0 Å². The number of carbonyl (C=O) groups is 1. The number of hydrogen-bond acceptors (Lipinski definition) is 4. The van der Waals surface area contributed by atoms with Crippen molar-refractivity contribution in [2.24, 2.45) is 0 Å². The number of carboxylic acids is 1. The molecule has 2 rings (SSSR count). The molecule has 5 nitrogen and oxygen atoms in total. The minimum Gasteiger partial charge on any atom is -0.478 e. The van der Waals surface area contributed by atoms with Crippen molar-refractivity contribution < 1.29 is 14.3 Å². The standard InChI is InChI=1S/C13H12FN3O2/c1-7-4-9(2-3-11(7)14)17-12-10(13(18)19)5-8(15)6-16-12/h2-6H,15H2,1H3,(H,16,17)(H,18,19). The number of halogens is 1. The summed E-state index contributed by atoms with van der Waals surface area (Å²) in [6.45, 7) is 1.62. The van der Waals surface area contributed by atoms with Gasteiger partial charge in [-0.05, 0) is 36.8 Å². The maximum absolute atomic E-state index is 13.1. The molecule has 1 aromatic carbocycles. The Bertz CT molecular complexity index is 644. The molecule has 0 unspecified atom stereocenters. The van der Waals surface area contributed by atoms with E-state index in [1.807, 2.05) is 0 Å². The fourth-order valence-electron chi connectivity index (χ4n) is 1.60. The molecule has 0 saturated heterocycles. The number of carboxylic acid groups (broad SMARTS) is 1. The lowest BCUT2D eigenvalue weighted by molar-refractivity contribution is 0.0697. The van der Waals surface area contributed by atoms with Crippen molar-refractivity contribution in [1.82, 2.24) is 4.98 Å². The Labute approximate surface area is 108 Å². The quantitative estimate of drug-likeness (QED) is 0.790. The van der Waals surface area contributed by atoms with E-state index in [0.29, 0.717) is 11.3 Å². The predicted octanol–water partition coefficient (Wildman–Crippen LogP) is 2.55. The molecule has 0 atom stereocenters. The van der Waals surface area contributed by atoms with Gasteiger partial charge in [0, 0.05) is 5.69 Å². The molecule has 1 heterocycles. The van der Waals surface area contributed by atoms with Crippen LogP contribution in [-0.4, -0.2) is 16.1 Å². The van der Waals surface area contributed by atoms with E-state index < -0.39 is 5.97 Å². The molecule has 0 fully saturated rings. The summed E-state index contributed by atoms with van der Waals surface area (Å²) in [6.07, 6.45) is 1.35. The molecule has 98 valence electrons. The molecule has 1 aromatic heterocycles. The highest BCUT2D eigenvalue weighted by Crippen LogP contribution is 2.22. The molecule has 19 heavy (non-hydrogen) atoms. The Morgan fingerprint density at radius 2 is 2.16 bits per heavy atom. The zero-order valence-electron chi connectivity index (χ0n) is 10.1. The number of nitrogens with one attached hydrogen (secondary N) is 1. The van der Waals surface area contributed by atoms with Gasteiger partial charge in [-0.1, -0.05) is 0 Å². The summed E-state index contributed by atoms with van der Waals surface area (Å²) in [5.74, 6) is -1.30. The van der Waals surface area contributed by atoms with Crippen molar-refractivity contribution in [2.75, 3.05) is 11.1 Å². The fraction of sp³-hybridized carbons (Fsp3) is 0.0769. The summed E-state index contributed by atoms with van der Waals surface area (Å²) >= 11 is 0. The Morgan fingerprint density at radius 3 is 2.79 bits per heavy atom. The summed E-state index contributed by atoms with van der Waals surface area (Å²) in [5.41, 5.74) is 6.73. The number of anilines is 3. The van der Waals surface area contributed by atoms with E-state index in [0.717, 1.165) is 0 Å². The van der Waals surface area contributed by atoms with Gasteiger partial charge in [-0.25, -0.2) is 14.2 Å².